The first kappa shape index (κ1) is 22.6. The molecular formula is C23H23NO5S2. The number of benzene rings is 2. The second-order valence-electron chi connectivity index (χ2n) is 6.82. The van der Waals surface area contributed by atoms with Gasteiger partial charge in [0, 0.05) is 28.6 Å². The van der Waals surface area contributed by atoms with Gasteiger partial charge in [-0.05, 0) is 53.4 Å². The number of sulfonamides is 1. The second-order valence-corrected chi connectivity index (χ2v) is 9.78. The molecule has 2 aromatic carbocycles. The Hall–Kier alpha value is -3.10. The van der Waals surface area contributed by atoms with Crippen molar-refractivity contribution >= 4 is 38.4 Å². The fourth-order valence-electron chi connectivity index (χ4n) is 3.07. The zero-order valence-corrected chi connectivity index (χ0v) is 19.3. The van der Waals surface area contributed by atoms with E-state index in [1.165, 1.54) is 7.05 Å². The summed E-state index contributed by atoms with van der Waals surface area (Å²) in [7, 11) is 1.19. The summed E-state index contributed by atoms with van der Waals surface area (Å²) in [6.45, 7) is 4.00. The van der Waals surface area contributed by atoms with Crippen molar-refractivity contribution in [2.24, 2.45) is 0 Å². The molecule has 0 unspecified atom stereocenters. The van der Waals surface area contributed by atoms with E-state index in [2.05, 4.69) is 6.58 Å². The summed E-state index contributed by atoms with van der Waals surface area (Å²) in [5, 5.41) is 1.96. The first-order valence-electron chi connectivity index (χ1n) is 9.25. The van der Waals surface area contributed by atoms with Crippen LogP contribution < -0.4 is 13.8 Å². The maximum atomic E-state index is 13.1. The lowest BCUT2D eigenvalue weighted by atomic mass is 9.95. The van der Waals surface area contributed by atoms with Crippen LogP contribution in [0.25, 0.3) is 16.0 Å². The Morgan fingerprint density at radius 3 is 2.23 bits per heavy atom. The zero-order chi connectivity index (χ0) is 22.8. The van der Waals surface area contributed by atoms with Crippen molar-refractivity contribution in [3.05, 3.63) is 71.6 Å². The number of carbonyl (C=O) groups excluding carboxylic acids is 1. The molecule has 3 rings (SSSR count). The summed E-state index contributed by atoms with van der Waals surface area (Å²) >= 11 is 1.55. The molecule has 0 bridgehead atoms. The van der Waals surface area contributed by atoms with E-state index in [1.807, 2.05) is 23.6 Å². The smallest absolute Gasteiger partial charge is 0.231 e. The highest BCUT2D eigenvalue weighted by Gasteiger charge is 2.20. The molecule has 0 amide bonds. The van der Waals surface area contributed by atoms with E-state index in [0.29, 0.717) is 33.9 Å². The fraction of sp³-hybridized carbons (Fsp3) is 0.174. The van der Waals surface area contributed by atoms with Gasteiger partial charge in [-0.15, -0.1) is 11.3 Å². The molecule has 0 spiro atoms. The third-order valence-electron chi connectivity index (χ3n) is 4.88. The van der Waals surface area contributed by atoms with Gasteiger partial charge in [0.25, 0.3) is 0 Å². The van der Waals surface area contributed by atoms with Crippen molar-refractivity contribution in [2.75, 3.05) is 31.8 Å². The van der Waals surface area contributed by atoms with Crippen LogP contribution in [0.15, 0.2) is 60.5 Å². The van der Waals surface area contributed by atoms with Crippen molar-refractivity contribution < 1.29 is 22.7 Å². The maximum absolute atomic E-state index is 13.1. The van der Waals surface area contributed by atoms with Gasteiger partial charge in [0.15, 0.2) is 17.3 Å². The van der Waals surface area contributed by atoms with E-state index in [4.69, 9.17) is 9.47 Å². The van der Waals surface area contributed by atoms with Gasteiger partial charge in [-0.1, -0.05) is 12.6 Å². The number of carbonyl (C=O) groups is 1. The number of hydrogen-bond donors (Lipinski definition) is 0. The first-order chi connectivity index (χ1) is 14.7. The summed E-state index contributed by atoms with van der Waals surface area (Å²) < 4.78 is 35.6. The van der Waals surface area contributed by atoms with Crippen molar-refractivity contribution in [1.82, 2.24) is 0 Å². The van der Waals surface area contributed by atoms with Crippen LogP contribution in [0.4, 0.5) is 5.69 Å². The number of ether oxygens (including phenoxy) is 2. The van der Waals surface area contributed by atoms with Gasteiger partial charge in [-0.2, -0.15) is 0 Å². The molecule has 0 saturated carbocycles. The topological polar surface area (TPSA) is 72.9 Å². The lowest BCUT2D eigenvalue weighted by Gasteiger charge is -2.17. The first-order valence-corrected chi connectivity index (χ1v) is 12.0. The minimum absolute atomic E-state index is 0.266. The van der Waals surface area contributed by atoms with Crippen LogP contribution in [0.2, 0.25) is 0 Å². The van der Waals surface area contributed by atoms with Crippen LogP contribution in [0, 0.1) is 0 Å². The highest BCUT2D eigenvalue weighted by atomic mass is 32.2. The van der Waals surface area contributed by atoms with Crippen LogP contribution in [0.3, 0.4) is 0 Å². The summed E-state index contributed by atoms with van der Waals surface area (Å²) in [4.78, 5) is 14.1. The number of allylic oxidation sites excluding steroid dienone is 1. The number of methoxy groups -OCH3 is 2. The molecule has 0 aliphatic rings. The van der Waals surface area contributed by atoms with E-state index in [0.717, 1.165) is 21.0 Å². The van der Waals surface area contributed by atoms with Crippen LogP contribution in [0.1, 0.15) is 15.9 Å². The summed E-state index contributed by atoms with van der Waals surface area (Å²) in [5.41, 5.74) is 2.59. The second kappa shape index (κ2) is 8.95. The minimum atomic E-state index is -3.38. The molecule has 8 heteroatoms. The van der Waals surface area contributed by atoms with E-state index in [9.17, 15) is 13.2 Å². The molecule has 0 radical (unpaired) electrons. The molecular weight excluding hydrogens is 434 g/mol. The van der Waals surface area contributed by atoms with E-state index in [-0.39, 0.29) is 5.78 Å². The van der Waals surface area contributed by atoms with Crippen molar-refractivity contribution in [3.63, 3.8) is 0 Å². The normalized spacial score (nSPS) is 11.1. The van der Waals surface area contributed by atoms with Crippen LogP contribution in [0.5, 0.6) is 11.5 Å². The van der Waals surface area contributed by atoms with Gasteiger partial charge in [-0.25, -0.2) is 8.42 Å². The number of hydrogen-bond acceptors (Lipinski definition) is 6. The molecule has 0 fully saturated rings. The molecule has 0 atom stereocenters. The molecule has 31 heavy (non-hydrogen) atoms. The number of Topliss-reactive ketones (excluding diaryl/α,β-unsaturated/α-hetero) is 1. The van der Waals surface area contributed by atoms with E-state index in [1.54, 1.807) is 55.9 Å². The van der Waals surface area contributed by atoms with Gasteiger partial charge in [0.05, 0.1) is 26.2 Å². The third-order valence-corrected chi connectivity index (χ3v) is 6.99. The molecule has 0 aliphatic heterocycles. The van der Waals surface area contributed by atoms with Crippen LogP contribution in [-0.2, 0) is 10.0 Å². The predicted molar refractivity (Wildman–Crippen MR) is 126 cm³/mol. The number of ketones is 1. The largest absolute Gasteiger partial charge is 0.493 e. The lowest BCUT2D eigenvalue weighted by molar-refractivity contribution is 0.105. The monoisotopic (exact) mass is 457 g/mol. The van der Waals surface area contributed by atoms with Gasteiger partial charge in [0.2, 0.25) is 10.0 Å². The molecule has 0 saturated heterocycles. The fourth-order valence-corrected chi connectivity index (χ4v) is 4.32. The Bertz CT molecular complexity index is 1210. The Morgan fingerprint density at radius 2 is 1.71 bits per heavy atom. The highest BCUT2D eigenvalue weighted by molar-refractivity contribution is 7.92. The standard InChI is InChI=1S/C23H23NO5S2/c1-15(22(25)16-8-10-18(11-9-16)24(2)31(5,26)27)17-13-19(21-7-6-12-30-21)23(29-4)20(14-17)28-3/h6-14H,1H2,2-5H3. The Morgan fingerprint density at radius 1 is 1.03 bits per heavy atom. The minimum Gasteiger partial charge on any atom is -0.493 e. The van der Waals surface area contributed by atoms with Crippen molar-refractivity contribution in [3.8, 4) is 21.9 Å². The number of anilines is 1. The zero-order valence-electron chi connectivity index (χ0n) is 17.7. The van der Waals surface area contributed by atoms with Gasteiger partial charge < -0.3 is 9.47 Å². The molecule has 1 aromatic heterocycles. The SMILES string of the molecule is C=C(C(=O)c1ccc(N(C)S(C)(=O)=O)cc1)c1cc(OC)c(OC)c(-c2cccs2)c1. The Kier molecular flexibility index (Phi) is 6.52. The van der Waals surface area contributed by atoms with Crippen LogP contribution in [-0.4, -0.2) is 41.7 Å². The molecule has 162 valence electrons. The third kappa shape index (κ3) is 4.65. The van der Waals surface area contributed by atoms with Gasteiger partial charge >= 0.3 is 0 Å². The number of rotatable bonds is 8. The summed E-state index contributed by atoms with van der Waals surface area (Å²) in [6, 6.07) is 13.8. The van der Waals surface area contributed by atoms with Crippen LogP contribution >= 0.6 is 11.3 Å². The molecule has 3 aromatic rings. The van der Waals surface area contributed by atoms with E-state index < -0.39 is 10.0 Å². The average Bonchev–Trinajstić information content (AvgIpc) is 3.30. The molecule has 0 aliphatic carbocycles. The Balaban J connectivity index is 1.97. The lowest BCUT2D eigenvalue weighted by Crippen LogP contribution is -2.24. The van der Waals surface area contributed by atoms with Gasteiger partial charge in [-0.3, -0.25) is 9.10 Å². The maximum Gasteiger partial charge on any atom is 0.231 e. The van der Waals surface area contributed by atoms with E-state index >= 15 is 0 Å². The molecule has 1 heterocycles. The predicted octanol–water partition coefficient (Wildman–Crippen LogP) is 4.72. The number of nitrogens with zero attached hydrogens (tertiary/aromatic N) is 1. The highest BCUT2D eigenvalue weighted by Crippen LogP contribution is 2.42. The average molecular weight is 458 g/mol. The summed E-state index contributed by atoms with van der Waals surface area (Å²) in [6.07, 6.45) is 1.12. The molecule has 6 nitrogen and oxygen atoms in total. The Labute approximate surface area is 186 Å². The quantitative estimate of drug-likeness (QED) is 0.361. The number of thiophene rings is 1. The van der Waals surface area contributed by atoms with Crippen molar-refractivity contribution in [1.29, 1.82) is 0 Å². The summed E-state index contributed by atoms with van der Waals surface area (Å²) in [5.74, 6) is 0.822. The van der Waals surface area contributed by atoms with Crippen molar-refractivity contribution in [2.45, 2.75) is 0 Å². The van der Waals surface area contributed by atoms with Gasteiger partial charge in [0.1, 0.15) is 0 Å². The molecule has 0 N–H and O–H groups in total.